The number of nitrogens with two attached hydrogens (primary N) is 1. The molecule has 0 aliphatic carbocycles. The van der Waals surface area contributed by atoms with E-state index in [0.717, 1.165) is 25.2 Å². The van der Waals surface area contributed by atoms with E-state index in [1.165, 1.54) is 5.56 Å². The topological polar surface area (TPSA) is 44.5 Å². The highest BCUT2D eigenvalue weighted by atomic mass is 16.5. The minimum Gasteiger partial charge on any atom is -0.497 e. The summed E-state index contributed by atoms with van der Waals surface area (Å²) in [6, 6.07) is 8.18. The third kappa shape index (κ3) is 6.60. The van der Waals surface area contributed by atoms with Crippen LogP contribution in [0.2, 0.25) is 0 Å². The maximum Gasteiger partial charge on any atom is 0.119 e. The highest BCUT2D eigenvalue weighted by Crippen LogP contribution is 2.18. The van der Waals surface area contributed by atoms with E-state index in [-0.39, 0.29) is 5.60 Å². The minimum atomic E-state index is -0.0743. The van der Waals surface area contributed by atoms with Gasteiger partial charge in [-0.25, -0.2) is 0 Å². The number of rotatable bonds is 7. The molecule has 3 nitrogen and oxygen atoms in total. The average Bonchev–Trinajstić information content (AvgIpc) is 2.36. The van der Waals surface area contributed by atoms with Gasteiger partial charge < -0.3 is 15.2 Å². The fourth-order valence-electron chi connectivity index (χ4n) is 1.97. The van der Waals surface area contributed by atoms with Crippen molar-refractivity contribution in [2.45, 2.75) is 39.2 Å². The highest BCUT2D eigenvalue weighted by Gasteiger charge is 2.13. The van der Waals surface area contributed by atoms with Gasteiger partial charge in [0.1, 0.15) is 5.75 Å². The van der Waals surface area contributed by atoms with Crippen LogP contribution in [-0.2, 0) is 11.2 Å². The van der Waals surface area contributed by atoms with Crippen molar-refractivity contribution in [2.24, 2.45) is 11.7 Å². The molecule has 0 heterocycles. The molecule has 1 rings (SSSR count). The molecule has 0 amide bonds. The van der Waals surface area contributed by atoms with Crippen LogP contribution in [0.4, 0.5) is 0 Å². The lowest BCUT2D eigenvalue weighted by molar-refractivity contribution is -0.00886. The molecule has 0 fully saturated rings. The lowest BCUT2D eigenvalue weighted by atomic mass is 9.96. The first kappa shape index (κ1) is 16.0. The molecule has 0 spiro atoms. The Morgan fingerprint density at radius 3 is 2.58 bits per heavy atom. The zero-order chi connectivity index (χ0) is 14.3. The van der Waals surface area contributed by atoms with Gasteiger partial charge in [0.2, 0.25) is 0 Å². The largest absolute Gasteiger partial charge is 0.497 e. The standard InChI is InChI=1S/C16H27NO2/c1-16(2,3)19-9-8-14(12-17)10-13-6-5-7-15(11-13)18-4/h5-7,11,14H,8-10,12,17H2,1-4H3. The Morgan fingerprint density at radius 2 is 2.00 bits per heavy atom. The quantitative estimate of drug-likeness (QED) is 0.824. The molecule has 0 aliphatic heterocycles. The van der Waals surface area contributed by atoms with Crippen molar-refractivity contribution >= 4 is 0 Å². The zero-order valence-electron chi connectivity index (χ0n) is 12.6. The first-order chi connectivity index (χ1) is 8.94. The Hall–Kier alpha value is -1.06. The second-order valence-corrected chi connectivity index (χ2v) is 5.91. The summed E-state index contributed by atoms with van der Waals surface area (Å²) in [4.78, 5) is 0. The zero-order valence-corrected chi connectivity index (χ0v) is 12.6. The fraction of sp³-hybridized carbons (Fsp3) is 0.625. The van der Waals surface area contributed by atoms with Gasteiger partial charge in [-0.1, -0.05) is 12.1 Å². The van der Waals surface area contributed by atoms with E-state index in [9.17, 15) is 0 Å². The summed E-state index contributed by atoms with van der Waals surface area (Å²) < 4.78 is 11.0. The van der Waals surface area contributed by atoms with Gasteiger partial charge in [-0.15, -0.1) is 0 Å². The number of ether oxygens (including phenoxy) is 2. The third-order valence-corrected chi connectivity index (χ3v) is 3.05. The lowest BCUT2D eigenvalue weighted by Crippen LogP contribution is -2.24. The number of hydrogen-bond acceptors (Lipinski definition) is 3. The maximum atomic E-state index is 5.85. The van der Waals surface area contributed by atoms with Gasteiger partial charge in [0.25, 0.3) is 0 Å². The van der Waals surface area contributed by atoms with Crippen molar-refractivity contribution in [3.63, 3.8) is 0 Å². The molecule has 1 unspecified atom stereocenters. The van der Waals surface area contributed by atoms with Crippen molar-refractivity contribution < 1.29 is 9.47 Å². The van der Waals surface area contributed by atoms with Gasteiger partial charge in [0.05, 0.1) is 12.7 Å². The molecule has 0 saturated carbocycles. The van der Waals surface area contributed by atoms with Crippen LogP contribution in [0.15, 0.2) is 24.3 Å². The van der Waals surface area contributed by atoms with E-state index >= 15 is 0 Å². The van der Waals surface area contributed by atoms with Crippen LogP contribution < -0.4 is 10.5 Å². The van der Waals surface area contributed by atoms with Crippen molar-refractivity contribution in [3.8, 4) is 5.75 Å². The Balaban J connectivity index is 2.47. The number of benzene rings is 1. The lowest BCUT2D eigenvalue weighted by Gasteiger charge is -2.22. The first-order valence-corrected chi connectivity index (χ1v) is 6.91. The van der Waals surface area contributed by atoms with Gasteiger partial charge in [0.15, 0.2) is 0 Å². The summed E-state index contributed by atoms with van der Waals surface area (Å²) in [5, 5.41) is 0. The maximum absolute atomic E-state index is 5.85. The molecular formula is C16H27NO2. The second-order valence-electron chi connectivity index (χ2n) is 5.91. The summed E-state index contributed by atoms with van der Waals surface area (Å²) in [5.74, 6) is 1.36. The number of hydrogen-bond donors (Lipinski definition) is 1. The predicted molar refractivity (Wildman–Crippen MR) is 79.6 cm³/mol. The third-order valence-electron chi connectivity index (χ3n) is 3.05. The molecule has 19 heavy (non-hydrogen) atoms. The van der Waals surface area contributed by atoms with Crippen molar-refractivity contribution in [1.29, 1.82) is 0 Å². The van der Waals surface area contributed by atoms with Crippen molar-refractivity contribution in [2.75, 3.05) is 20.3 Å². The average molecular weight is 265 g/mol. The molecular weight excluding hydrogens is 238 g/mol. The van der Waals surface area contributed by atoms with E-state index in [4.69, 9.17) is 15.2 Å². The summed E-state index contributed by atoms with van der Waals surface area (Å²) in [5.41, 5.74) is 7.05. The summed E-state index contributed by atoms with van der Waals surface area (Å²) in [6.45, 7) is 7.67. The monoisotopic (exact) mass is 265 g/mol. The van der Waals surface area contributed by atoms with Crippen LogP contribution in [0.25, 0.3) is 0 Å². The van der Waals surface area contributed by atoms with Crippen molar-refractivity contribution in [1.82, 2.24) is 0 Å². The molecule has 1 aromatic carbocycles. The van der Waals surface area contributed by atoms with Crippen LogP contribution in [-0.4, -0.2) is 25.9 Å². The van der Waals surface area contributed by atoms with Crippen LogP contribution in [0, 0.1) is 5.92 Å². The Bertz CT molecular complexity index is 371. The fourth-order valence-corrected chi connectivity index (χ4v) is 1.97. The van der Waals surface area contributed by atoms with Gasteiger partial charge in [-0.3, -0.25) is 0 Å². The summed E-state index contributed by atoms with van der Waals surface area (Å²) >= 11 is 0. The SMILES string of the molecule is COc1cccc(CC(CN)CCOC(C)(C)C)c1. The molecule has 0 aliphatic rings. The summed E-state index contributed by atoms with van der Waals surface area (Å²) in [7, 11) is 1.69. The molecule has 108 valence electrons. The van der Waals surface area contributed by atoms with E-state index in [2.05, 4.69) is 32.9 Å². The number of methoxy groups -OCH3 is 1. The molecule has 3 heteroatoms. The Morgan fingerprint density at radius 1 is 1.26 bits per heavy atom. The van der Waals surface area contributed by atoms with E-state index in [1.807, 2.05) is 12.1 Å². The molecule has 1 atom stereocenters. The molecule has 0 aromatic heterocycles. The normalized spacial score (nSPS) is 13.3. The molecule has 0 bridgehead atoms. The van der Waals surface area contributed by atoms with Gasteiger partial charge >= 0.3 is 0 Å². The highest BCUT2D eigenvalue weighted by molar-refractivity contribution is 5.28. The molecule has 0 saturated heterocycles. The van der Waals surface area contributed by atoms with Gasteiger partial charge in [-0.05, 0) is 63.8 Å². The second kappa shape index (κ2) is 7.51. The molecule has 0 radical (unpaired) electrons. The first-order valence-electron chi connectivity index (χ1n) is 6.91. The van der Waals surface area contributed by atoms with E-state index in [0.29, 0.717) is 12.5 Å². The van der Waals surface area contributed by atoms with Gasteiger partial charge in [0, 0.05) is 6.61 Å². The van der Waals surface area contributed by atoms with Gasteiger partial charge in [-0.2, -0.15) is 0 Å². The van der Waals surface area contributed by atoms with Crippen LogP contribution in [0.3, 0.4) is 0 Å². The van der Waals surface area contributed by atoms with E-state index < -0.39 is 0 Å². The minimum absolute atomic E-state index is 0.0743. The van der Waals surface area contributed by atoms with E-state index in [1.54, 1.807) is 7.11 Å². The van der Waals surface area contributed by atoms with Crippen LogP contribution in [0.5, 0.6) is 5.75 Å². The smallest absolute Gasteiger partial charge is 0.119 e. The molecule has 1 aromatic rings. The van der Waals surface area contributed by atoms with Crippen LogP contribution >= 0.6 is 0 Å². The van der Waals surface area contributed by atoms with Crippen LogP contribution in [0.1, 0.15) is 32.8 Å². The Labute approximate surface area is 117 Å². The summed E-state index contributed by atoms with van der Waals surface area (Å²) in [6.07, 6.45) is 1.96. The predicted octanol–water partition coefficient (Wildman–Crippen LogP) is 3.02. The molecule has 2 N–H and O–H groups in total. The Kier molecular flexibility index (Phi) is 6.32. The van der Waals surface area contributed by atoms with Crippen molar-refractivity contribution in [3.05, 3.63) is 29.8 Å².